The number of fused-ring (bicyclic) bond motifs is 3. The molecular weight excluding hydrogens is 376 g/mol. The van der Waals surface area contributed by atoms with Gasteiger partial charge in [-0.2, -0.15) is 0 Å². The summed E-state index contributed by atoms with van der Waals surface area (Å²) in [6.07, 6.45) is -0.548. The van der Waals surface area contributed by atoms with E-state index in [1.54, 1.807) is 13.8 Å². The maximum Gasteiger partial charge on any atom is 0.303 e. The van der Waals surface area contributed by atoms with Crippen LogP contribution in [0.2, 0.25) is 0 Å². The third-order valence-electron chi connectivity index (χ3n) is 7.50. The van der Waals surface area contributed by atoms with E-state index in [2.05, 4.69) is 0 Å². The van der Waals surface area contributed by atoms with Crippen LogP contribution >= 0.6 is 0 Å². The Labute approximate surface area is 169 Å². The monoisotopic (exact) mass is 404 g/mol. The van der Waals surface area contributed by atoms with E-state index in [1.165, 1.54) is 19.1 Å². The maximum absolute atomic E-state index is 13.4. The van der Waals surface area contributed by atoms with Crippen molar-refractivity contribution in [2.75, 3.05) is 0 Å². The smallest absolute Gasteiger partial charge is 0.303 e. The van der Waals surface area contributed by atoms with E-state index in [4.69, 9.17) is 9.47 Å². The van der Waals surface area contributed by atoms with Gasteiger partial charge in [0, 0.05) is 19.3 Å². The van der Waals surface area contributed by atoms with Gasteiger partial charge in [-0.25, -0.2) is 0 Å². The topological polar surface area (TPSA) is 113 Å². The number of rotatable bonds is 1. The number of aliphatic hydroxyl groups is 2. The van der Waals surface area contributed by atoms with Gasteiger partial charge in [-0.3, -0.25) is 14.4 Å². The molecule has 4 rings (SSSR count). The lowest BCUT2D eigenvalue weighted by Gasteiger charge is -2.49. The van der Waals surface area contributed by atoms with Crippen LogP contribution in [0, 0.1) is 16.7 Å². The van der Waals surface area contributed by atoms with Crippen molar-refractivity contribution in [2.24, 2.45) is 16.7 Å². The highest BCUT2D eigenvalue weighted by molar-refractivity contribution is 6.04. The first-order valence-corrected chi connectivity index (χ1v) is 10.1. The normalized spacial score (nSPS) is 45.6. The molecule has 0 amide bonds. The largest absolute Gasteiger partial charge is 0.458 e. The Morgan fingerprint density at radius 1 is 1.24 bits per heavy atom. The molecule has 1 saturated heterocycles. The fourth-order valence-corrected chi connectivity index (χ4v) is 5.85. The fourth-order valence-electron chi connectivity index (χ4n) is 5.85. The molecule has 29 heavy (non-hydrogen) atoms. The summed E-state index contributed by atoms with van der Waals surface area (Å²) < 4.78 is 11.3. The molecule has 2 fully saturated rings. The van der Waals surface area contributed by atoms with Gasteiger partial charge in [0.1, 0.15) is 18.3 Å². The molecule has 0 aromatic heterocycles. The van der Waals surface area contributed by atoms with Crippen LogP contribution in [0.4, 0.5) is 0 Å². The average Bonchev–Trinajstić information content (AvgIpc) is 3.33. The van der Waals surface area contributed by atoms with E-state index in [-0.39, 0.29) is 12.2 Å². The van der Waals surface area contributed by atoms with Crippen molar-refractivity contribution in [2.45, 2.75) is 77.5 Å². The minimum atomic E-state index is -1.44. The summed E-state index contributed by atoms with van der Waals surface area (Å²) in [4.78, 5) is 37.7. The summed E-state index contributed by atoms with van der Waals surface area (Å²) in [6, 6.07) is 0. The van der Waals surface area contributed by atoms with Crippen LogP contribution in [0.15, 0.2) is 23.3 Å². The van der Waals surface area contributed by atoms with Crippen LogP contribution in [0.5, 0.6) is 0 Å². The van der Waals surface area contributed by atoms with Crippen LogP contribution in [0.3, 0.4) is 0 Å². The van der Waals surface area contributed by atoms with E-state index in [9.17, 15) is 24.6 Å². The first-order valence-electron chi connectivity index (χ1n) is 10.1. The molecule has 1 spiro atoms. The van der Waals surface area contributed by atoms with Crippen molar-refractivity contribution in [3.63, 3.8) is 0 Å². The Bertz CT molecular complexity index is 868. The zero-order chi connectivity index (χ0) is 21.5. The molecule has 1 heterocycles. The van der Waals surface area contributed by atoms with Gasteiger partial charge < -0.3 is 19.7 Å². The molecule has 0 aromatic carbocycles. The molecule has 1 aliphatic heterocycles. The summed E-state index contributed by atoms with van der Waals surface area (Å²) in [5.41, 5.74) is -2.00. The number of carbonyl (C=O) groups is 3. The molecule has 3 aliphatic carbocycles. The number of allylic oxidation sites excluding steroid dienone is 1. The van der Waals surface area contributed by atoms with E-state index >= 15 is 0 Å². The number of epoxide rings is 1. The lowest BCUT2D eigenvalue weighted by molar-refractivity contribution is -0.148. The predicted molar refractivity (Wildman–Crippen MR) is 102 cm³/mol. The molecule has 7 nitrogen and oxygen atoms in total. The molecule has 2 N–H and O–H groups in total. The lowest BCUT2D eigenvalue weighted by atomic mass is 9.57. The third-order valence-corrected chi connectivity index (χ3v) is 7.50. The Morgan fingerprint density at radius 3 is 2.52 bits per heavy atom. The van der Waals surface area contributed by atoms with E-state index in [0.29, 0.717) is 17.6 Å². The molecule has 4 bridgehead atoms. The molecule has 0 aromatic rings. The van der Waals surface area contributed by atoms with Crippen LogP contribution in [-0.2, 0) is 23.9 Å². The number of Topliss-reactive ketones (excluding diaryl/α,β-unsaturated/α-hetero) is 1. The van der Waals surface area contributed by atoms with Gasteiger partial charge in [-0.1, -0.05) is 19.9 Å². The van der Waals surface area contributed by atoms with Crippen molar-refractivity contribution >= 4 is 17.5 Å². The summed E-state index contributed by atoms with van der Waals surface area (Å²) in [7, 11) is 0. The first kappa shape index (κ1) is 20.4. The Balaban J connectivity index is 1.91. The number of hydrogen-bond acceptors (Lipinski definition) is 7. The van der Waals surface area contributed by atoms with E-state index < -0.39 is 58.5 Å². The van der Waals surface area contributed by atoms with Gasteiger partial charge >= 0.3 is 5.97 Å². The summed E-state index contributed by atoms with van der Waals surface area (Å²) >= 11 is 0. The van der Waals surface area contributed by atoms with Crippen molar-refractivity contribution in [1.29, 1.82) is 0 Å². The Kier molecular flexibility index (Phi) is 4.29. The minimum absolute atomic E-state index is 0.0970. The lowest BCUT2D eigenvalue weighted by Crippen LogP contribution is -2.55. The second kappa shape index (κ2) is 6.09. The number of ketones is 2. The maximum atomic E-state index is 13.4. The third kappa shape index (κ3) is 2.71. The van der Waals surface area contributed by atoms with Crippen molar-refractivity contribution in [3.8, 4) is 0 Å². The minimum Gasteiger partial charge on any atom is -0.458 e. The molecule has 7 atom stereocenters. The van der Waals surface area contributed by atoms with Gasteiger partial charge in [0.05, 0.1) is 11.5 Å². The van der Waals surface area contributed by atoms with E-state index in [1.807, 2.05) is 13.8 Å². The Morgan fingerprint density at radius 2 is 1.90 bits per heavy atom. The fraction of sp³-hybridized carbons (Fsp3) is 0.682. The standard InChI is InChI=1S/C22H28O7/c1-10-13(28-11(2)23)8-12-16(25)19-22(29-19)9-21(5,7-6-14(22)24)18(27)17(26)15(10)20(12,3)4/h6-7,12-13,16-17,19,25-26H,8-9H2,1-5H3/t12-,13-,16+,17+,19-,21+,22-/m0/s1. The van der Waals surface area contributed by atoms with Crippen LogP contribution in [-0.4, -0.2) is 57.8 Å². The molecular formula is C22H28O7. The molecule has 158 valence electrons. The molecule has 0 unspecified atom stereocenters. The quantitative estimate of drug-likeness (QED) is 0.384. The van der Waals surface area contributed by atoms with Gasteiger partial charge in [-0.15, -0.1) is 0 Å². The van der Waals surface area contributed by atoms with Gasteiger partial charge in [-0.05, 0) is 42.9 Å². The van der Waals surface area contributed by atoms with E-state index in [0.717, 1.165) is 0 Å². The highest BCUT2D eigenvalue weighted by atomic mass is 16.6. The zero-order valence-corrected chi connectivity index (χ0v) is 17.4. The summed E-state index contributed by atoms with van der Waals surface area (Å²) in [5, 5.41) is 22.5. The zero-order valence-electron chi connectivity index (χ0n) is 17.4. The average molecular weight is 404 g/mol. The highest BCUT2D eigenvalue weighted by Crippen LogP contribution is 2.58. The number of aliphatic hydroxyl groups excluding tert-OH is 2. The van der Waals surface area contributed by atoms with Gasteiger partial charge in [0.2, 0.25) is 0 Å². The van der Waals surface area contributed by atoms with Crippen LogP contribution < -0.4 is 0 Å². The molecule has 1 saturated carbocycles. The molecule has 4 aliphatic rings. The van der Waals surface area contributed by atoms with Crippen LogP contribution in [0.1, 0.15) is 47.5 Å². The second-order valence-corrected chi connectivity index (χ2v) is 9.74. The number of hydrogen-bond donors (Lipinski definition) is 2. The molecule has 7 heteroatoms. The number of esters is 1. The highest BCUT2D eigenvalue weighted by Gasteiger charge is 2.71. The SMILES string of the molecule is CC(=O)O[C@H]1C[C@H]2[C@@H](O)[C@@H]3O[C@]34C[C@@](C)(C=CC4=O)C(=O)[C@H](O)C(=C1C)C2(C)C. The predicted octanol–water partition coefficient (Wildman–Crippen LogP) is 1.26. The van der Waals surface area contributed by atoms with Crippen LogP contribution in [0.25, 0.3) is 0 Å². The van der Waals surface area contributed by atoms with Gasteiger partial charge in [0.25, 0.3) is 0 Å². The second-order valence-electron chi connectivity index (χ2n) is 9.74. The Hall–Kier alpha value is -1.83. The summed E-state index contributed by atoms with van der Waals surface area (Å²) in [6.45, 7) is 8.48. The summed E-state index contributed by atoms with van der Waals surface area (Å²) in [5.74, 6) is -1.63. The van der Waals surface area contributed by atoms with Crippen molar-refractivity contribution in [3.05, 3.63) is 23.3 Å². The molecule has 0 radical (unpaired) electrons. The first-order chi connectivity index (χ1) is 13.3. The van der Waals surface area contributed by atoms with Crippen molar-refractivity contribution < 1.29 is 34.1 Å². The van der Waals surface area contributed by atoms with Crippen molar-refractivity contribution in [1.82, 2.24) is 0 Å². The van der Waals surface area contributed by atoms with Gasteiger partial charge in [0.15, 0.2) is 17.2 Å². The number of ether oxygens (including phenoxy) is 2. The number of carbonyl (C=O) groups excluding carboxylic acids is 3.